The van der Waals surface area contributed by atoms with E-state index in [1.54, 1.807) is 6.92 Å². The molecule has 1 aromatic heterocycles. The molecule has 0 spiro atoms. The molecule has 1 saturated carbocycles. The highest BCUT2D eigenvalue weighted by Gasteiger charge is 2.37. The molecule has 0 aromatic carbocycles. The van der Waals surface area contributed by atoms with E-state index in [-0.39, 0.29) is 18.6 Å². The SMILES string of the molecule is C=C1C(O)C(CO)CC1n1cc(C)c(=O)[nH]c1=O. The van der Waals surface area contributed by atoms with Crippen LogP contribution in [-0.2, 0) is 0 Å². The summed E-state index contributed by atoms with van der Waals surface area (Å²) in [4.78, 5) is 25.3. The summed E-state index contributed by atoms with van der Waals surface area (Å²) in [5.74, 6) is -0.318. The zero-order valence-corrected chi connectivity index (χ0v) is 10.1. The predicted molar refractivity (Wildman–Crippen MR) is 65.4 cm³/mol. The number of aliphatic hydroxyl groups excluding tert-OH is 2. The van der Waals surface area contributed by atoms with E-state index in [0.29, 0.717) is 17.6 Å². The standard InChI is InChI=1S/C12H16N2O4/c1-6-4-14(12(18)13-11(6)17)9-3-8(5-15)10(16)7(9)2/h4,8-10,15-16H,2-3,5H2,1H3,(H,13,17,18). The van der Waals surface area contributed by atoms with Crippen molar-refractivity contribution in [1.82, 2.24) is 9.55 Å². The van der Waals surface area contributed by atoms with Crippen molar-refractivity contribution in [1.29, 1.82) is 0 Å². The van der Waals surface area contributed by atoms with Crippen LogP contribution >= 0.6 is 0 Å². The Morgan fingerprint density at radius 3 is 2.78 bits per heavy atom. The summed E-state index contributed by atoms with van der Waals surface area (Å²) in [6, 6.07) is -0.389. The number of aromatic amines is 1. The molecule has 6 heteroatoms. The van der Waals surface area contributed by atoms with Crippen molar-refractivity contribution in [3.8, 4) is 0 Å². The molecule has 1 aliphatic rings. The second-order valence-corrected chi connectivity index (χ2v) is 4.69. The van der Waals surface area contributed by atoms with Crippen molar-refractivity contribution in [2.45, 2.75) is 25.5 Å². The Balaban J connectivity index is 2.45. The molecule has 2 rings (SSSR count). The lowest BCUT2D eigenvalue weighted by Crippen LogP contribution is -2.33. The molecule has 18 heavy (non-hydrogen) atoms. The fourth-order valence-electron chi connectivity index (χ4n) is 2.35. The predicted octanol–water partition coefficient (Wildman–Crippen LogP) is -0.685. The van der Waals surface area contributed by atoms with Crippen molar-refractivity contribution >= 4 is 0 Å². The van der Waals surface area contributed by atoms with Gasteiger partial charge in [-0.1, -0.05) is 6.58 Å². The van der Waals surface area contributed by atoms with E-state index < -0.39 is 17.4 Å². The van der Waals surface area contributed by atoms with Crippen molar-refractivity contribution in [3.63, 3.8) is 0 Å². The number of aromatic nitrogens is 2. The molecule has 1 aliphatic carbocycles. The van der Waals surface area contributed by atoms with E-state index in [4.69, 9.17) is 5.11 Å². The second kappa shape index (κ2) is 4.55. The first-order chi connectivity index (χ1) is 8.45. The van der Waals surface area contributed by atoms with Crippen LogP contribution < -0.4 is 11.2 Å². The van der Waals surface area contributed by atoms with Gasteiger partial charge in [-0.2, -0.15) is 0 Å². The zero-order valence-electron chi connectivity index (χ0n) is 10.1. The number of nitrogens with zero attached hydrogens (tertiary/aromatic N) is 1. The maximum Gasteiger partial charge on any atom is 0.328 e. The van der Waals surface area contributed by atoms with Gasteiger partial charge < -0.3 is 10.2 Å². The quantitative estimate of drug-likeness (QED) is 0.607. The Morgan fingerprint density at radius 1 is 1.56 bits per heavy atom. The van der Waals surface area contributed by atoms with E-state index >= 15 is 0 Å². The van der Waals surface area contributed by atoms with Crippen LogP contribution in [0.25, 0.3) is 0 Å². The summed E-state index contributed by atoms with van der Waals surface area (Å²) in [5, 5.41) is 19.0. The number of rotatable bonds is 2. The number of hydrogen-bond donors (Lipinski definition) is 3. The fraction of sp³-hybridized carbons (Fsp3) is 0.500. The van der Waals surface area contributed by atoms with Crippen molar-refractivity contribution in [2.75, 3.05) is 6.61 Å². The zero-order chi connectivity index (χ0) is 13.4. The largest absolute Gasteiger partial charge is 0.396 e. The summed E-state index contributed by atoms with van der Waals surface area (Å²) >= 11 is 0. The Hall–Kier alpha value is -1.66. The van der Waals surface area contributed by atoms with Gasteiger partial charge >= 0.3 is 5.69 Å². The summed E-state index contributed by atoms with van der Waals surface area (Å²) < 4.78 is 1.36. The summed E-state index contributed by atoms with van der Waals surface area (Å²) in [6.07, 6.45) is 1.07. The molecule has 3 atom stereocenters. The van der Waals surface area contributed by atoms with Crippen LogP contribution in [0.1, 0.15) is 18.0 Å². The van der Waals surface area contributed by atoms with Crippen LogP contribution in [0.4, 0.5) is 0 Å². The fourth-order valence-corrected chi connectivity index (χ4v) is 2.35. The summed E-state index contributed by atoms with van der Waals surface area (Å²) in [6.45, 7) is 5.22. The maximum atomic E-state index is 11.7. The monoisotopic (exact) mass is 252 g/mol. The van der Waals surface area contributed by atoms with E-state index in [2.05, 4.69) is 11.6 Å². The lowest BCUT2D eigenvalue weighted by molar-refractivity contribution is 0.111. The molecule has 1 aromatic rings. The molecule has 0 bridgehead atoms. The van der Waals surface area contributed by atoms with E-state index in [0.717, 1.165) is 0 Å². The highest BCUT2D eigenvalue weighted by molar-refractivity contribution is 5.19. The molecule has 0 radical (unpaired) electrons. The minimum atomic E-state index is -0.820. The molecule has 1 fully saturated rings. The summed E-state index contributed by atoms with van der Waals surface area (Å²) in [5.41, 5.74) is -0.0337. The number of H-pyrrole nitrogens is 1. The minimum Gasteiger partial charge on any atom is -0.396 e. The first kappa shape index (κ1) is 12.8. The topological polar surface area (TPSA) is 95.3 Å². The first-order valence-corrected chi connectivity index (χ1v) is 5.75. The van der Waals surface area contributed by atoms with Gasteiger partial charge in [0.2, 0.25) is 0 Å². The van der Waals surface area contributed by atoms with Gasteiger partial charge in [-0.25, -0.2) is 4.79 Å². The Morgan fingerprint density at radius 2 is 2.22 bits per heavy atom. The highest BCUT2D eigenvalue weighted by Crippen LogP contribution is 2.37. The molecule has 0 saturated heterocycles. The number of aliphatic hydroxyl groups is 2. The van der Waals surface area contributed by atoms with Crippen LogP contribution in [0.5, 0.6) is 0 Å². The smallest absolute Gasteiger partial charge is 0.328 e. The summed E-state index contributed by atoms with van der Waals surface area (Å²) in [7, 11) is 0. The van der Waals surface area contributed by atoms with Crippen molar-refractivity contribution in [2.24, 2.45) is 5.92 Å². The normalized spacial score (nSPS) is 27.7. The molecule has 0 amide bonds. The van der Waals surface area contributed by atoms with E-state index in [1.807, 2.05) is 0 Å². The van der Waals surface area contributed by atoms with Crippen LogP contribution in [0.3, 0.4) is 0 Å². The average Bonchev–Trinajstić information content (AvgIpc) is 2.61. The third-order valence-electron chi connectivity index (χ3n) is 3.50. The van der Waals surface area contributed by atoms with Crippen LogP contribution in [0.15, 0.2) is 27.9 Å². The van der Waals surface area contributed by atoms with Crippen LogP contribution in [0.2, 0.25) is 0 Å². The molecular weight excluding hydrogens is 236 g/mol. The maximum absolute atomic E-state index is 11.7. The second-order valence-electron chi connectivity index (χ2n) is 4.69. The van der Waals surface area contributed by atoms with Gasteiger partial charge in [0.1, 0.15) is 0 Å². The third-order valence-corrected chi connectivity index (χ3v) is 3.50. The van der Waals surface area contributed by atoms with Gasteiger partial charge in [0.05, 0.1) is 12.1 Å². The Kier molecular flexibility index (Phi) is 3.23. The van der Waals surface area contributed by atoms with E-state index in [1.165, 1.54) is 10.8 Å². The third kappa shape index (κ3) is 1.93. The number of aryl methyl sites for hydroxylation is 1. The Labute approximate surface area is 103 Å². The molecule has 6 nitrogen and oxygen atoms in total. The van der Waals surface area contributed by atoms with Gasteiger partial charge in [-0.3, -0.25) is 14.3 Å². The lowest BCUT2D eigenvalue weighted by atomic mass is 10.1. The van der Waals surface area contributed by atoms with Gasteiger partial charge in [-0.05, 0) is 18.9 Å². The van der Waals surface area contributed by atoms with Gasteiger partial charge in [0.15, 0.2) is 0 Å². The van der Waals surface area contributed by atoms with Crippen LogP contribution in [0, 0.1) is 12.8 Å². The Bertz CT molecular complexity index is 586. The highest BCUT2D eigenvalue weighted by atomic mass is 16.3. The lowest BCUT2D eigenvalue weighted by Gasteiger charge is -2.15. The molecular formula is C12H16N2O4. The number of nitrogens with one attached hydrogen (secondary N) is 1. The molecule has 0 aliphatic heterocycles. The number of hydrogen-bond acceptors (Lipinski definition) is 4. The molecule has 1 heterocycles. The molecule has 3 unspecified atom stereocenters. The van der Waals surface area contributed by atoms with Gasteiger partial charge in [0.25, 0.3) is 5.56 Å². The first-order valence-electron chi connectivity index (χ1n) is 5.75. The molecule has 3 N–H and O–H groups in total. The van der Waals surface area contributed by atoms with Gasteiger partial charge in [0, 0.05) is 24.3 Å². The van der Waals surface area contributed by atoms with Crippen LogP contribution in [-0.4, -0.2) is 32.5 Å². The minimum absolute atomic E-state index is 0.159. The van der Waals surface area contributed by atoms with Crippen molar-refractivity contribution < 1.29 is 10.2 Å². The molecule has 98 valence electrons. The van der Waals surface area contributed by atoms with Crippen molar-refractivity contribution in [3.05, 3.63) is 44.8 Å². The van der Waals surface area contributed by atoms with E-state index in [9.17, 15) is 14.7 Å². The average molecular weight is 252 g/mol. The van der Waals surface area contributed by atoms with Gasteiger partial charge in [-0.15, -0.1) is 0 Å².